The third kappa shape index (κ3) is 3.45. The number of aryl methyl sites for hydroxylation is 1. The predicted octanol–water partition coefficient (Wildman–Crippen LogP) is 1.13. The summed E-state index contributed by atoms with van der Waals surface area (Å²) in [7, 11) is 2.92. The van der Waals surface area contributed by atoms with E-state index in [4.69, 9.17) is 0 Å². The molecule has 0 fully saturated rings. The Morgan fingerprint density at radius 1 is 1.10 bits per heavy atom. The van der Waals surface area contributed by atoms with Crippen LogP contribution in [0.4, 0.5) is 5.69 Å². The fourth-order valence-corrected chi connectivity index (χ4v) is 3.07. The number of rotatable bonds is 4. The first kappa shape index (κ1) is 18.4. The number of fused-ring (bicyclic) bond motifs is 1. The van der Waals surface area contributed by atoms with Gasteiger partial charge >= 0.3 is 5.69 Å². The molecule has 0 spiro atoms. The third-order valence-corrected chi connectivity index (χ3v) is 4.67. The maximum atomic E-state index is 12.6. The summed E-state index contributed by atoms with van der Waals surface area (Å²) in [5, 5.41) is 7.16. The van der Waals surface area contributed by atoms with E-state index in [2.05, 4.69) is 15.4 Å². The molecule has 9 nitrogen and oxygen atoms in total. The van der Waals surface area contributed by atoms with Crippen LogP contribution in [0.25, 0.3) is 11.0 Å². The van der Waals surface area contributed by atoms with Crippen LogP contribution < -0.4 is 16.6 Å². The number of benzene rings is 1. The number of carbonyl (C=O) groups is 1. The van der Waals surface area contributed by atoms with E-state index < -0.39 is 17.2 Å². The Kier molecular flexibility index (Phi) is 4.55. The van der Waals surface area contributed by atoms with Crippen molar-refractivity contribution in [3.05, 3.63) is 87.0 Å². The molecule has 4 aromatic rings. The maximum Gasteiger partial charge on any atom is 0.332 e. The molecule has 0 bridgehead atoms. The molecule has 1 amide bonds. The Bertz CT molecular complexity index is 1320. The molecule has 0 radical (unpaired) electrons. The first-order chi connectivity index (χ1) is 13.9. The second-order valence-corrected chi connectivity index (χ2v) is 6.66. The van der Waals surface area contributed by atoms with E-state index in [1.165, 1.54) is 30.9 Å². The normalized spacial score (nSPS) is 11.0. The Hall–Kier alpha value is -4.01. The van der Waals surface area contributed by atoms with E-state index >= 15 is 0 Å². The molecular weight excluding hydrogens is 372 g/mol. The monoisotopic (exact) mass is 390 g/mol. The van der Waals surface area contributed by atoms with Gasteiger partial charge in [-0.3, -0.25) is 23.4 Å². The lowest BCUT2D eigenvalue weighted by atomic mass is 10.2. The number of hydrogen-bond donors (Lipinski definition) is 1. The fourth-order valence-electron chi connectivity index (χ4n) is 3.07. The molecule has 0 saturated heterocycles. The molecule has 9 heteroatoms. The maximum absolute atomic E-state index is 12.6. The summed E-state index contributed by atoms with van der Waals surface area (Å²) >= 11 is 0. The van der Waals surface area contributed by atoms with Gasteiger partial charge < -0.3 is 5.32 Å². The largest absolute Gasteiger partial charge is 0.332 e. The first-order valence-electron chi connectivity index (χ1n) is 8.87. The lowest BCUT2D eigenvalue weighted by Crippen LogP contribution is -2.37. The van der Waals surface area contributed by atoms with Crippen LogP contribution in [0.15, 0.2) is 64.6 Å². The standard InChI is InChI=1S/C20H18N6O3/c1-24-17-16(19(28)25(2)20(24)29)10-14(11-21-17)18(27)23-15-6-4-13(5-7-15)12-26-9-3-8-22-26/h3-11H,12H2,1-2H3,(H,23,27). The van der Waals surface area contributed by atoms with Crippen molar-refractivity contribution >= 4 is 22.6 Å². The second-order valence-electron chi connectivity index (χ2n) is 6.66. The molecule has 0 aliphatic carbocycles. The molecule has 3 heterocycles. The zero-order valence-corrected chi connectivity index (χ0v) is 15.9. The Labute approximate surface area is 164 Å². The van der Waals surface area contributed by atoms with E-state index in [1.54, 1.807) is 18.3 Å². The minimum Gasteiger partial charge on any atom is -0.322 e. The van der Waals surface area contributed by atoms with Gasteiger partial charge in [0.15, 0.2) is 0 Å². The van der Waals surface area contributed by atoms with Crippen LogP contribution in [-0.4, -0.2) is 29.8 Å². The van der Waals surface area contributed by atoms with Gasteiger partial charge in [-0.15, -0.1) is 0 Å². The Morgan fingerprint density at radius 3 is 2.55 bits per heavy atom. The molecule has 0 aliphatic rings. The zero-order valence-electron chi connectivity index (χ0n) is 15.9. The molecule has 1 aromatic carbocycles. The van der Waals surface area contributed by atoms with Crippen LogP contribution in [0.2, 0.25) is 0 Å². The summed E-state index contributed by atoms with van der Waals surface area (Å²) in [5.41, 5.74) is 1.17. The molecular formula is C20H18N6O3. The van der Waals surface area contributed by atoms with Crippen molar-refractivity contribution in [1.82, 2.24) is 23.9 Å². The van der Waals surface area contributed by atoms with Gasteiger partial charge in [-0.25, -0.2) is 9.78 Å². The van der Waals surface area contributed by atoms with Gasteiger partial charge in [0.25, 0.3) is 11.5 Å². The zero-order chi connectivity index (χ0) is 20.5. The van der Waals surface area contributed by atoms with Crippen molar-refractivity contribution in [2.45, 2.75) is 6.54 Å². The number of pyridine rings is 1. The van der Waals surface area contributed by atoms with Gasteiger partial charge in [-0.2, -0.15) is 5.10 Å². The van der Waals surface area contributed by atoms with Crippen LogP contribution in [0.1, 0.15) is 15.9 Å². The Morgan fingerprint density at radius 2 is 1.86 bits per heavy atom. The number of anilines is 1. The molecule has 1 N–H and O–H groups in total. The summed E-state index contributed by atoms with van der Waals surface area (Å²) in [5.74, 6) is -0.393. The molecule has 4 rings (SSSR count). The summed E-state index contributed by atoms with van der Waals surface area (Å²) < 4.78 is 4.07. The number of hydrogen-bond acceptors (Lipinski definition) is 5. The molecule has 0 atom stereocenters. The van der Waals surface area contributed by atoms with Gasteiger partial charge in [0.05, 0.1) is 17.5 Å². The van der Waals surface area contributed by atoms with Crippen LogP contribution in [0.3, 0.4) is 0 Å². The highest BCUT2D eigenvalue weighted by molar-refractivity contribution is 6.05. The first-order valence-corrected chi connectivity index (χ1v) is 8.87. The van der Waals surface area contributed by atoms with E-state index in [9.17, 15) is 14.4 Å². The van der Waals surface area contributed by atoms with Gasteiger partial charge in [0.1, 0.15) is 5.65 Å². The summed E-state index contributed by atoms with van der Waals surface area (Å²) in [6.07, 6.45) is 4.95. The van der Waals surface area contributed by atoms with Crippen molar-refractivity contribution < 1.29 is 4.79 Å². The van der Waals surface area contributed by atoms with Crippen molar-refractivity contribution in [3.8, 4) is 0 Å². The summed E-state index contributed by atoms with van der Waals surface area (Å²) in [6.45, 7) is 0.637. The predicted molar refractivity (Wildman–Crippen MR) is 108 cm³/mol. The number of aromatic nitrogens is 5. The number of carbonyl (C=O) groups excluding carboxylic acids is 1. The highest BCUT2D eigenvalue weighted by Gasteiger charge is 2.13. The van der Waals surface area contributed by atoms with Crippen molar-refractivity contribution in [3.63, 3.8) is 0 Å². The lowest BCUT2D eigenvalue weighted by Gasteiger charge is -2.09. The molecule has 0 unspecified atom stereocenters. The quantitative estimate of drug-likeness (QED) is 0.563. The molecule has 0 saturated carbocycles. The number of nitrogens with zero attached hydrogens (tertiary/aromatic N) is 5. The third-order valence-electron chi connectivity index (χ3n) is 4.67. The summed E-state index contributed by atoms with van der Waals surface area (Å²) in [6, 6.07) is 10.7. The smallest absolute Gasteiger partial charge is 0.322 e. The van der Waals surface area contributed by atoms with E-state index in [-0.39, 0.29) is 16.6 Å². The lowest BCUT2D eigenvalue weighted by molar-refractivity contribution is 0.102. The molecule has 29 heavy (non-hydrogen) atoms. The SMILES string of the molecule is Cn1c(=O)c2cc(C(=O)Nc3ccc(Cn4cccn4)cc3)cnc2n(C)c1=O. The highest BCUT2D eigenvalue weighted by Crippen LogP contribution is 2.13. The van der Waals surface area contributed by atoms with Gasteiger partial charge in [-0.05, 0) is 29.8 Å². The fraction of sp³-hybridized carbons (Fsp3) is 0.150. The molecule has 146 valence electrons. The number of nitrogens with one attached hydrogen (secondary N) is 1. The minimum atomic E-state index is -0.492. The van der Waals surface area contributed by atoms with Crippen molar-refractivity contribution in [2.24, 2.45) is 14.1 Å². The van der Waals surface area contributed by atoms with Crippen LogP contribution in [0.5, 0.6) is 0 Å². The molecule has 3 aromatic heterocycles. The van der Waals surface area contributed by atoms with Gasteiger partial charge in [-0.1, -0.05) is 12.1 Å². The van der Waals surface area contributed by atoms with Crippen LogP contribution in [-0.2, 0) is 20.6 Å². The van der Waals surface area contributed by atoms with Gasteiger partial charge in [0.2, 0.25) is 0 Å². The second kappa shape index (κ2) is 7.19. The van der Waals surface area contributed by atoms with Crippen LogP contribution in [0, 0.1) is 0 Å². The Balaban J connectivity index is 1.57. The highest BCUT2D eigenvalue weighted by atomic mass is 16.2. The van der Waals surface area contributed by atoms with E-state index in [1.807, 2.05) is 29.1 Å². The van der Waals surface area contributed by atoms with Crippen LogP contribution >= 0.6 is 0 Å². The topological polar surface area (TPSA) is 104 Å². The van der Waals surface area contributed by atoms with Crippen molar-refractivity contribution in [1.29, 1.82) is 0 Å². The minimum absolute atomic E-state index is 0.205. The van der Waals surface area contributed by atoms with Gasteiger partial charge in [0, 0.05) is 38.4 Å². The van der Waals surface area contributed by atoms with Crippen molar-refractivity contribution in [2.75, 3.05) is 5.32 Å². The average Bonchev–Trinajstić information content (AvgIpc) is 3.24. The molecule has 0 aliphatic heterocycles. The van der Waals surface area contributed by atoms with E-state index in [0.29, 0.717) is 12.2 Å². The number of amides is 1. The average molecular weight is 390 g/mol. The summed E-state index contributed by atoms with van der Waals surface area (Å²) in [4.78, 5) is 41.1. The van der Waals surface area contributed by atoms with E-state index in [0.717, 1.165) is 10.1 Å².